The molecule has 0 spiro atoms. The van der Waals surface area contributed by atoms with Gasteiger partial charge in [-0.2, -0.15) is 0 Å². The standard InChI is InChI=1S/C42H39N5O4/c1-28-10-24-38(46-40(48)44-34-16-20-36(50-5)21-17-34)29(26-28)11-14-32-8-7-9-33(43-32)15-12-30-27-31(42(2,3)4)13-25-39(30)47-41(49)45-35-18-22-37(51-6)23-19-35/h7-10,13,16-27H,1-6H3,(H2,44,46,48)(H2,45,47,49). The van der Waals surface area contributed by atoms with Gasteiger partial charge in [0.1, 0.15) is 22.9 Å². The zero-order valence-corrected chi connectivity index (χ0v) is 29.4. The van der Waals surface area contributed by atoms with Crippen molar-refractivity contribution in [3.05, 3.63) is 137 Å². The maximum absolute atomic E-state index is 12.9. The zero-order chi connectivity index (χ0) is 36.4. The Bertz CT molecular complexity index is 2160. The highest BCUT2D eigenvalue weighted by Crippen LogP contribution is 2.27. The molecular formula is C42H39N5O4. The summed E-state index contributed by atoms with van der Waals surface area (Å²) in [6, 6.07) is 30.2. The predicted molar refractivity (Wildman–Crippen MR) is 204 cm³/mol. The number of nitrogens with one attached hydrogen (secondary N) is 4. The number of rotatable bonds is 6. The molecule has 0 radical (unpaired) electrons. The third-order valence-electron chi connectivity index (χ3n) is 7.65. The van der Waals surface area contributed by atoms with E-state index in [1.54, 1.807) is 74.9 Å². The van der Waals surface area contributed by atoms with Gasteiger partial charge in [0, 0.05) is 22.5 Å². The van der Waals surface area contributed by atoms with Gasteiger partial charge in [-0.05, 0) is 120 Å². The number of amides is 4. The van der Waals surface area contributed by atoms with Crippen LogP contribution in [0.3, 0.4) is 0 Å². The molecule has 0 fully saturated rings. The maximum Gasteiger partial charge on any atom is 0.323 e. The summed E-state index contributed by atoms with van der Waals surface area (Å²) in [5.41, 5.74) is 6.62. The number of carbonyl (C=O) groups is 2. The fourth-order valence-corrected chi connectivity index (χ4v) is 4.85. The Morgan fingerprint density at radius 1 is 0.588 bits per heavy atom. The van der Waals surface area contributed by atoms with Crippen LogP contribution in [0.4, 0.5) is 32.3 Å². The second-order valence-corrected chi connectivity index (χ2v) is 12.6. The molecule has 4 aromatic carbocycles. The van der Waals surface area contributed by atoms with E-state index in [0.29, 0.717) is 56.8 Å². The molecule has 4 amide bonds. The summed E-state index contributed by atoms with van der Waals surface area (Å²) in [7, 11) is 3.18. The first-order valence-electron chi connectivity index (χ1n) is 16.2. The summed E-state index contributed by atoms with van der Waals surface area (Å²) in [4.78, 5) is 30.4. The largest absolute Gasteiger partial charge is 0.497 e. The summed E-state index contributed by atoms with van der Waals surface area (Å²) in [5.74, 6) is 14.0. The van der Waals surface area contributed by atoms with Gasteiger partial charge in [-0.1, -0.05) is 50.8 Å². The summed E-state index contributed by atoms with van der Waals surface area (Å²) in [5, 5.41) is 11.5. The average molecular weight is 678 g/mol. The Kier molecular flexibility index (Phi) is 11.3. The molecule has 0 aliphatic heterocycles. The molecule has 1 heterocycles. The minimum absolute atomic E-state index is 0.131. The quantitative estimate of drug-likeness (QED) is 0.134. The van der Waals surface area contributed by atoms with Crippen molar-refractivity contribution in [2.45, 2.75) is 33.1 Å². The van der Waals surface area contributed by atoms with Crippen LogP contribution < -0.4 is 30.7 Å². The van der Waals surface area contributed by atoms with E-state index in [9.17, 15) is 9.59 Å². The van der Waals surface area contributed by atoms with Crippen molar-refractivity contribution in [2.24, 2.45) is 0 Å². The lowest BCUT2D eigenvalue weighted by Crippen LogP contribution is -2.20. The van der Waals surface area contributed by atoms with Crippen molar-refractivity contribution in [3.63, 3.8) is 0 Å². The molecule has 0 atom stereocenters. The van der Waals surface area contributed by atoms with Crippen LogP contribution in [-0.4, -0.2) is 31.3 Å². The van der Waals surface area contributed by atoms with Gasteiger partial charge in [0.05, 0.1) is 25.6 Å². The van der Waals surface area contributed by atoms with Crippen molar-refractivity contribution >= 4 is 34.8 Å². The predicted octanol–water partition coefficient (Wildman–Crippen LogP) is 8.79. The van der Waals surface area contributed by atoms with Crippen molar-refractivity contribution in [1.29, 1.82) is 0 Å². The molecule has 0 aliphatic rings. The molecule has 0 aliphatic carbocycles. The van der Waals surface area contributed by atoms with Crippen LogP contribution in [0.25, 0.3) is 0 Å². The number of nitrogens with zero attached hydrogens (tertiary/aromatic N) is 1. The number of pyridine rings is 1. The normalized spacial score (nSPS) is 10.4. The molecular weight excluding hydrogens is 638 g/mol. The molecule has 0 unspecified atom stereocenters. The molecule has 5 rings (SSSR count). The summed E-state index contributed by atoms with van der Waals surface area (Å²) in [6.45, 7) is 8.32. The highest BCUT2D eigenvalue weighted by molar-refractivity contribution is 6.01. The fourth-order valence-electron chi connectivity index (χ4n) is 4.85. The van der Waals surface area contributed by atoms with Gasteiger partial charge >= 0.3 is 12.1 Å². The van der Waals surface area contributed by atoms with E-state index in [-0.39, 0.29) is 5.41 Å². The van der Waals surface area contributed by atoms with Gasteiger partial charge in [-0.15, -0.1) is 0 Å². The smallest absolute Gasteiger partial charge is 0.323 e. The maximum atomic E-state index is 12.9. The fraction of sp³-hybridized carbons (Fsp3) is 0.167. The minimum Gasteiger partial charge on any atom is -0.497 e. The first-order chi connectivity index (χ1) is 24.5. The van der Waals surface area contributed by atoms with E-state index < -0.39 is 12.1 Å². The van der Waals surface area contributed by atoms with E-state index >= 15 is 0 Å². The summed E-state index contributed by atoms with van der Waals surface area (Å²) in [6.07, 6.45) is 0. The molecule has 0 bridgehead atoms. The van der Waals surface area contributed by atoms with Crippen LogP contribution in [0.1, 0.15) is 54.4 Å². The zero-order valence-electron chi connectivity index (χ0n) is 29.4. The number of methoxy groups -OCH3 is 2. The molecule has 256 valence electrons. The molecule has 9 heteroatoms. The number of anilines is 4. The van der Waals surface area contributed by atoms with Gasteiger partial charge < -0.3 is 30.7 Å². The second-order valence-electron chi connectivity index (χ2n) is 12.6. The van der Waals surface area contributed by atoms with Crippen LogP contribution in [0.5, 0.6) is 11.5 Å². The van der Waals surface area contributed by atoms with Crippen molar-refractivity contribution in [3.8, 4) is 35.2 Å². The Hall–Kier alpha value is -6.71. The van der Waals surface area contributed by atoms with Crippen LogP contribution in [0.2, 0.25) is 0 Å². The van der Waals surface area contributed by atoms with Crippen LogP contribution in [0.15, 0.2) is 103 Å². The average Bonchev–Trinajstić information content (AvgIpc) is 3.11. The Labute approximate surface area is 298 Å². The van der Waals surface area contributed by atoms with E-state index in [4.69, 9.17) is 9.47 Å². The minimum atomic E-state index is -0.398. The summed E-state index contributed by atoms with van der Waals surface area (Å²) < 4.78 is 10.4. The lowest BCUT2D eigenvalue weighted by atomic mass is 9.86. The number of hydrogen-bond acceptors (Lipinski definition) is 5. The topological polar surface area (TPSA) is 114 Å². The second kappa shape index (κ2) is 16.1. The SMILES string of the molecule is COc1ccc(NC(=O)Nc2ccc(C)cc2C#Cc2cccc(C#Cc3cc(C(C)(C)C)ccc3NC(=O)Nc3ccc(OC)cc3)n2)cc1. The van der Waals surface area contributed by atoms with Crippen LogP contribution in [-0.2, 0) is 5.41 Å². The first kappa shape index (κ1) is 35.6. The van der Waals surface area contributed by atoms with E-state index in [1.807, 2.05) is 49.4 Å². The van der Waals surface area contributed by atoms with Gasteiger partial charge in [-0.3, -0.25) is 0 Å². The van der Waals surface area contributed by atoms with Gasteiger partial charge in [0.25, 0.3) is 0 Å². The first-order valence-corrected chi connectivity index (χ1v) is 16.2. The molecule has 1 aromatic heterocycles. The number of aryl methyl sites for hydroxylation is 1. The Balaban J connectivity index is 1.35. The van der Waals surface area contributed by atoms with Crippen LogP contribution in [0, 0.1) is 30.6 Å². The molecule has 0 saturated carbocycles. The number of carbonyl (C=O) groups excluding carboxylic acids is 2. The van der Waals surface area contributed by atoms with E-state index in [2.05, 4.69) is 70.7 Å². The highest BCUT2D eigenvalue weighted by Gasteiger charge is 2.16. The molecule has 9 nitrogen and oxygen atoms in total. The van der Waals surface area contributed by atoms with Crippen LogP contribution >= 0.6 is 0 Å². The third-order valence-corrected chi connectivity index (χ3v) is 7.65. The van der Waals surface area contributed by atoms with Crippen molar-refractivity contribution in [1.82, 2.24) is 4.98 Å². The van der Waals surface area contributed by atoms with Gasteiger partial charge in [0.2, 0.25) is 0 Å². The van der Waals surface area contributed by atoms with E-state index in [0.717, 1.165) is 11.1 Å². The van der Waals surface area contributed by atoms with Crippen molar-refractivity contribution in [2.75, 3.05) is 35.5 Å². The van der Waals surface area contributed by atoms with Crippen molar-refractivity contribution < 1.29 is 19.1 Å². The number of hydrogen-bond donors (Lipinski definition) is 4. The Morgan fingerprint density at radius 3 is 1.53 bits per heavy atom. The van der Waals surface area contributed by atoms with Gasteiger partial charge in [0.15, 0.2) is 0 Å². The lowest BCUT2D eigenvalue weighted by Gasteiger charge is -2.20. The number of aromatic nitrogens is 1. The monoisotopic (exact) mass is 677 g/mol. The highest BCUT2D eigenvalue weighted by atomic mass is 16.5. The number of urea groups is 2. The molecule has 0 saturated heterocycles. The summed E-state index contributed by atoms with van der Waals surface area (Å²) >= 11 is 0. The molecule has 5 aromatic rings. The third kappa shape index (κ3) is 10.1. The Morgan fingerprint density at radius 2 is 1.06 bits per heavy atom. The molecule has 51 heavy (non-hydrogen) atoms. The van der Waals surface area contributed by atoms with Gasteiger partial charge in [-0.25, -0.2) is 14.6 Å². The molecule has 4 N–H and O–H groups in total. The number of benzene rings is 4. The lowest BCUT2D eigenvalue weighted by molar-refractivity contribution is 0.261. The van der Waals surface area contributed by atoms with E-state index in [1.165, 1.54) is 0 Å². The number of ether oxygens (including phenoxy) is 2.